The summed E-state index contributed by atoms with van der Waals surface area (Å²) in [5.74, 6) is -1.12. The molecule has 2 amide bonds. The zero-order valence-corrected chi connectivity index (χ0v) is 24.9. The monoisotopic (exact) mass is 595 g/mol. The molecule has 0 aliphatic carbocycles. The van der Waals surface area contributed by atoms with Crippen molar-refractivity contribution in [1.29, 1.82) is 0 Å². The summed E-state index contributed by atoms with van der Waals surface area (Å²) in [6, 6.07) is 4.36. The molecule has 1 aliphatic rings. The molecule has 1 saturated heterocycles. The van der Waals surface area contributed by atoms with Gasteiger partial charge in [0.2, 0.25) is 12.3 Å². The van der Waals surface area contributed by atoms with E-state index in [1.165, 1.54) is 17.3 Å². The molecule has 42 heavy (non-hydrogen) atoms. The summed E-state index contributed by atoms with van der Waals surface area (Å²) in [7, 11) is 1.60. The third-order valence-corrected chi connectivity index (χ3v) is 7.42. The smallest absolute Gasteiger partial charge is 0.246 e. The van der Waals surface area contributed by atoms with E-state index >= 15 is 0 Å². The van der Waals surface area contributed by atoms with Crippen LogP contribution in [0.15, 0.2) is 48.2 Å². The fourth-order valence-electron chi connectivity index (χ4n) is 5.11. The first-order chi connectivity index (χ1) is 20.0. The number of carbonyl (C=O) groups is 2. The van der Waals surface area contributed by atoms with Gasteiger partial charge in [0.25, 0.3) is 0 Å². The molecule has 0 N–H and O–H groups in total. The number of benzene rings is 1. The Hall–Kier alpha value is -4.25. The average molecular weight is 596 g/mol. The van der Waals surface area contributed by atoms with Gasteiger partial charge in [0, 0.05) is 38.3 Å². The SMILES string of the molecule is C=CC(=O)N1CCN(C(=NC)c2cc(Cl)c(-c3cc(F)ccc3F)nc2N(C=O)c2c(C)ncnc2C(C)C)C(C)C1. The van der Waals surface area contributed by atoms with E-state index in [1.54, 1.807) is 24.9 Å². The Labute approximate surface area is 248 Å². The molecule has 0 radical (unpaired) electrons. The van der Waals surface area contributed by atoms with Crippen LogP contribution in [0.5, 0.6) is 0 Å². The molecule has 2 aromatic heterocycles. The first-order valence-corrected chi connectivity index (χ1v) is 13.8. The number of pyridine rings is 1. The Balaban J connectivity index is 1.97. The van der Waals surface area contributed by atoms with Gasteiger partial charge >= 0.3 is 0 Å². The van der Waals surface area contributed by atoms with Crippen molar-refractivity contribution in [2.75, 3.05) is 31.6 Å². The number of piperazine rings is 1. The van der Waals surface area contributed by atoms with Gasteiger partial charge in [0.05, 0.1) is 33.4 Å². The average Bonchev–Trinajstić information content (AvgIpc) is 2.96. The molecule has 9 nitrogen and oxygen atoms in total. The second-order valence-corrected chi connectivity index (χ2v) is 10.6. The third-order valence-electron chi connectivity index (χ3n) is 7.13. The van der Waals surface area contributed by atoms with E-state index < -0.39 is 11.6 Å². The van der Waals surface area contributed by atoms with Crippen molar-refractivity contribution >= 4 is 41.3 Å². The molecule has 0 spiro atoms. The molecule has 1 unspecified atom stereocenters. The van der Waals surface area contributed by atoms with Crippen molar-refractivity contribution in [1.82, 2.24) is 24.8 Å². The predicted molar refractivity (Wildman–Crippen MR) is 159 cm³/mol. The van der Waals surface area contributed by atoms with E-state index in [0.29, 0.717) is 54.5 Å². The van der Waals surface area contributed by atoms with Crippen molar-refractivity contribution in [2.45, 2.75) is 39.7 Å². The lowest BCUT2D eigenvalue weighted by molar-refractivity contribution is -0.128. The molecule has 1 aliphatic heterocycles. The van der Waals surface area contributed by atoms with E-state index in [1.807, 2.05) is 25.7 Å². The highest BCUT2D eigenvalue weighted by Gasteiger charge is 2.33. The number of carbonyl (C=O) groups excluding carboxylic acids is 2. The summed E-state index contributed by atoms with van der Waals surface area (Å²) < 4.78 is 29.2. The molecule has 220 valence electrons. The Kier molecular flexibility index (Phi) is 9.30. The lowest BCUT2D eigenvalue weighted by Gasteiger charge is -2.41. The minimum atomic E-state index is -0.731. The van der Waals surface area contributed by atoms with Crippen LogP contribution in [0, 0.1) is 18.6 Å². The molecular formula is C30H32ClF2N7O2. The van der Waals surface area contributed by atoms with E-state index in [9.17, 15) is 18.4 Å². The second-order valence-electron chi connectivity index (χ2n) is 10.2. The van der Waals surface area contributed by atoms with Crippen molar-refractivity contribution in [3.63, 3.8) is 0 Å². The molecule has 0 bridgehead atoms. The lowest BCUT2D eigenvalue weighted by atomic mass is 10.0. The highest BCUT2D eigenvalue weighted by molar-refractivity contribution is 6.33. The van der Waals surface area contributed by atoms with Gasteiger partial charge in [-0.3, -0.25) is 19.5 Å². The zero-order valence-electron chi connectivity index (χ0n) is 24.1. The van der Waals surface area contributed by atoms with Gasteiger partial charge in [0.15, 0.2) is 5.82 Å². The Bertz CT molecular complexity index is 1560. The van der Waals surface area contributed by atoms with Gasteiger partial charge in [0.1, 0.15) is 23.8 Å². The molecule has 12 heteroatoms. The minimum Gasteiger partial charge on any atom is -0.350 e. The molecular weight excluding hydrogens is 564 g/mol. The van der Waals surface area contributed by atoms with Crippen LogP contribution in [-0.2, 0) is 9.59 Å². The Morgan fingerprint density at radius 1 is 1.24 bits per heavy atom. The molecule has 4 rings (SSSR count). The van der Waals surface area contributed by atoms with Crippen molar-refractivity contribution < 1.29 is 18.4 Å². The van der Waals surface area contributed by atoms with Crippen LogP contribution in [-0.4, -0.2) is 75.6 Å². The van der Waals surface area contributed by atoms with Gasteiger partial charge < -0.3 is 9.80 Å². The Morgan fingerprint density at radius 2 is 1.98 bits per heavy atom. The number of amidine groups is 1. The van der Waals surface area contributed by atoms with E-state index in [4.69, 9.17) is 16.6 Å². The Morgan fingerprint density at radius 3 is 2.60 bits per heavy atom. The second kappa shape index (κ2) is 12.7. The summed E-state index contributed by atoms with van der Waals surface area (Å²) in [5, 5.41) is 0.0310. The quantitative estimate of drug-likeness (QED) is 0.159. The van der Waals surface area contributed by atoms with Crippen molar-refractivity contribution in [3.8, 4) is 11.3 Å². The predicted octanol–water partition coefficient (Wildman–Crippen LogP) is 5.29. The van der Waals surface area contributed by atoms with Gasteiger partial charge in [-0.25, -0.2) is 23.7 Å². The molecule has 3 aromatic rings. The van der Waals surface area contributed by atoms with Crippen LogP contribution in [0.25, 0.3) is 11.3 Å². The number of rotatable bonds is 7. The third kappa shape index (κ3) is 5.87. The first-order valence-electron chi connectivity index (χ1n) is 13.4. The number of aliphatic imine (C=N–C) groups is 1. The summed E-state index contributed by atoms with van der Waals surface area (Å²) in [6.45, 7) is 12.4. The number of aryl methyl sites for hydroxylation is 1. The normalized spacial score (nSPS) is 15.6. The van der Waals surface area contributed by atoms with Gasteiger partial charge in [-0.1, -0.05) is 32.0 Å². The zero-order chi connectivity index (χ0) is 30.7. The molecule has 1 aromatic carbocycles. The fraction of sp³-hybridized carbons (Fsp3) is 0.333. The molecule has 3 heterocycles. The number of nitrogens with zero attached hydrogens (tertiary/aromatic N) is 7. The van der Waals surface area contributed by atoms with E-state index in [2.05, 4.69) is 21.5 Å². The van der Waals surface area contributed by atoms with Crippen LogP contribution in [0.4, 0.5) is 20.3 Å². The molecule has 1 fully saturated rings. The van der Waals surface area contributed by atoms with Crippen molar-refractivity contribution in [3.05, 3.63) is 76.9 Å². The largest absolute Gasteiger partial charge is 0.350 e. The van der Waals surface area contributed by atoms with Gasteiger partial charge in [-0.15, -0.1) is 0 Å². The summed E-state index contributed by atoms with van der Waals surface area (Å²) in [5.41, 5.74) is 1.68. The molecule has 1 atom stereocenters. The number of aromatic nitrogens is 3. The van der Waals surface area contributed by atoms with Crippen LogP contribution in [0.2, 0.25) is 5.02 Å². The number of halogens is 3. The van der Waals surface area contributed by atoms with Crippen molar-refractivity contribution in [2.24, 2.45) is 4.99 Å². The number of hydrogen-bond acceptors (Lipinski definition) is 6. The van der Waals surface area contributed by atoms with E-state index in [-0.39, 0.29) is 40.0 Å². The summed E-state index contributed by atoms with van der Waals surface area (Å²) >= 11 is 6.71. The maximum atomic E-state index is 15.0. The number of hydrogen-bond donors (Lipinski definition) is 0. The first kappa shape index (κ1) is 30.7. The van der Waals surface area contributed by atoms with Gasteiger partial charge in [-0.2, -0.15) is 0 Å². The maximum Gasteiger partial charge on any atom is 0.246 e. The highest BCUT2D eigenvalue weighted by atomic mass is 35.5. The fourth-order valence-corrected chi connectivity index (χ4v) is 5.37. The summed E-state index contributed by atoms with van der Waals surface area (Å²) in [6.07, 6.45) is 3.29. The van der Waals surface area contributed by atoms with Crippen LogP contribution < -0.4 is 4.90 Å². The van der Waals surface area contributed by atoms with Crippen LogP contribution >= 0.6 is 11.6 Å². The van der Waals surface area contributed by atoms with Crippen LogP contribution in [0.1, 0.15) is 43.6 Å². The standard InChI is InChI=1S/C30H32ClF2N7O2/c1-7-25(42)38-10-11-39(18(4)14-38)29(34-6)22-13-23(31)27(21-12-20(32)8-9-24(21)33)37-30(22)40(16-41)28-19(5)35-15-36-26(28)17(2)3/h7-9,12-13,15-18H,1,10-11,14H2,2-6H3. The van der Waals surface area contributed by atoms with E-state index in [0.717, 1.165) is 18.2 Å². The lowest BCUT2D eigenvalue weighted by Crippen LogP contribution is -2.55. The maximum absolute atomic E-state index is 15.0. The minimum absolute atomic E-state index is 0.0310. The highest BCUT2D eigenvalue weighted by Crippen LogP contribution is 2.39. The molecule has 0 saturated carbocycles. The topological polar surface area (TPSA) is 94.9 Å². The number of amides is 2. The summed E-state index contributed by atoms with van der Waals surface area (Å²) in [4.78, 5) is 48.1. The van der Waals surface area contributed by atoms with Crippen LogP contribution in [0.3, 0.4) is 0 Å². The number of anilines is 2. The van der Waals surface area contributed by atoms with Gasteiger partial charge in [-0.05, 0) is 50.1 Å².